The van der Waals surface area contributed by atoms with Crippen molar-refractivity contribution in [1.82, 2.24) is 4.98 Å². The van der Waals surface area contributed by atoms with Crippen LogP contribution in [0.15, 0.2) is 64.5 Å². The van der Waals surface area contributed by atoms with E-state index in [1.54, 1.807) is 18.0 Å². The molecule has 1 heterocycles. The number of rotatable bonds is 2. The molecule has 2 N–H and O–H groups in total. The van der Waals surface area contributed by atoms with Crippen LogP contribution in [-0.2, 0) is 0 Å². The van der Waals surface area contributed by atoms with E-state index < -0.39 is 0 Å². The van der Waals surface area contributed by atoms with Crippen molar-refractivity contribution in [2.24, 2.45) is 0 Å². The molecule has 2 nitrogen and oxygen atoms in total. The second kappa shape index (κ2) is 4.94. The lowest BCUT2D eigenvalue weighted by Gasteiger charge is -2.08. The number of nitrogens with zero attached hydrogens (tertiary/aromatic N) is 1. The highest BCUT2D eigenvalue weighted by Gasteiger charge is 2.06. The molecular weight excluding hydrogens is 252 g/mol. The minimum absolute atomic E-state index is 0.726. The average Bonchev–Trinajstić information content (AvgIpc) is 2.45. The molecule has 0 saturated heterocycles. The molecule has 0 aliphatic carbocycles. The Bertz CT molecular complexity index is 720. The molecule has 0 fully saturated rings. The first-order valence-electron chi connectivity index (χ1n) is 6.12. The monoisotopic (exact) mass is 266 g/mol. The van der Waals surface area contributed by atoms with Gasteiger partial charge in [0.15, 0.2) is 0 Å². The molecule has 0 spiro atoms. The minimum Gasteiger partial charge on any atom is -0.397 e. The van der Waals surface area contributed by atoms with Gasteiger partial charge in [-0.3, -0.25) is 4.98 Å². The van der Waals surface area contributed by atoms with Crippen molar-refractivity contribution < 1.29 is 0 Å². The molecule has 0 radical (unpaired) electrons. The van der Waals surface area contributed by atoms with Gasteiger partial charge in [0, 0.05) is 21.4 Å². The molecule has 19 heavy (non-hydrogen) atoms. The normalized spacial score (nSPS) is 10.8. The molecule has 0 aliphatic rings. The lowest BCUT2D eigenvalue weighted by molar-refractivity contribution is 1.36. The van der Waals surface area contributed by atoms with Crippen LogP contribution in [0.5, 0.6) is 0 Å². The summed E-state index contributed by atoms with van der Waals surface area (Å²) in [5.74, 6) is 0. The number of nitrogen functional groups attached to an aromatic ring is 1. The van der Waals surface area contributed by atoms with Gasteiger partial charge in [0.1, 0.15) is 0 Å². The van der Waals surface area contributed by atoms with Crippen LogP contribution < -0.4 is 5.73 Å². The standard InChI is InChI=1S/C16H14N2S/c1-11-4-6-12(7-5-11)19-15-9-8-14(17)16-13(15)3-2-10-18-16/h2-10H,17H2,1H3. The van der Waals surface area contributed by atoms with Crippen molar-refractivity contribution in [2.75, 3.05) is 5.73 Å². The van der Waals surface area contributed by atoms with Crippen molar-refractivity contribution in [1.29, 1.82) is 0 Å². The zero-order chi connectivity index (χ0) is 13.2. The van der Waals surface area contributed by atoms with Crippen molar-refractivity contribution in [3.8, 4) is 0 Å². The lowest BCUT2D eigenvalue weighted by Crippen LogP contribution is -1.90. The van der Waals surface area contributed by atoms with Crippen molar-refractivity contribution in [3.63, 3.8) is 0 Å². The molecule has 0 bridgehead atoms. The number of aromatic nitrogens is 1. The zero-order valence-electron chi connectivity index (χ0n) is 10.6. The largest absolute Gasteiger partial charge is 0.397 e. The summed E-state index contributed by atoms with van der Waals surface area (Å²) in [7, 11) is 0. The van der Waals surface area contributed by atoms with Crippen LogP contribution in [0.3, 0.4) is 0 Å². The van der Waals surface area contributed by atoms with Gasteiger partial charge in [0.25, 0.3) is 0 Å². The molecule has 1 aromatic heterocycles. The average molecular weight is 266 g/mol. The van der Waals surface area contributed by atoms with E-state index in [1.165, 1.54) is 15.4 Å². The van der Waals surface area contributed by atoms with E-state index in [1.807, 2.05) is 12.1 Å². The number of nitrogens with two attached hydrogens (primary N) is 1. The molecule has 0 atom stereocenters. The third kappa shape index (κ3) is 2.42. The first-order valence-corrected chi connectivity index (χ1v) is 6.93. The van der Waals surface area contributed by atoms with Crippen LogP contribution in [0.25, 0.3) is 10.9 Å². The molecule has 3 aromatic rings. The third-order valence-electron chi connectivity index (χ3n) is 3.01. The van der Waals surface area contributed by atoms with Crippen LogP contribution >= 0.6 is 11.8 Å². The van der Waals surface area contributed by atoms with E-state index in [9.17, 15) is 0 Å². The van der Waals surface area contributed by atoms with Crippen LogP contribution in [0.4, 0.5) is 5.69 Å². The van der Waals surface area contributed by atoms with Crippen molar-refractivity contribution in [3.05, 3.63) is 60.3 Å². The van der Waals surface area contributed by atoms with Gasteiger partial charge in [0.2, 0.25) is 0 Å². The molecule has 0 amide bonds. The minimum atomic E-state index is 0.726. The van der Waals surface area contributed by atoms with Gasteiger partial charge in [0.05, 0.1) is 11.2 Å². The van der Waals surface area contributed by atoms with Gasteiger partial charge in [-0.05, 0) is 37.3 Å². The Morgan fingerprint density at radius 1 is 1.00 bits per heavy atom. The number of fused-ring (bicyclic) bond motifs is 1. The Morgan fingerprint density at radius 3 is 2.58 bits per heavy atom. The fourth-order valence-corrected chi connectivity index (χ4v) is 2.93. The van der Waals surface area contributed by atoms with E-state index >= 15 is 0 Å². The van der Waals surface area contributed by atoms with E-state index in [0.29, 0.717) is 0 Å². The Hall–Kier alpha value is -2.00. The second-order valence-corrected chi connectivity index (χ2v) is 5.58. The van der Waals surface area contributed by atoms with E-state index in [-0.39, 0.29) is 0 Å². The maximum absolute atomic E-state index is 5.97. The number of hydrogen-bond donors (Lipinski definition) is 1. The summed E-state index contributed by atoms with van der Waals surface area (Å²) in [6.45, 7) is 2.09. The van der Waals surface area contributed by atoms with Crippen molar-refractivity contribution in [2.45, 2.75) is 16.7 Å². The van der Waals surface area contributed by atoms with Gasteiger partial charge < -0.3 is 5.73 Å². The highest BCUT2D eigenvalue weighted by Crippen LogP contribution is 2.34. The van der Waals surface area contributed by atoms with E-state index in [0.717, 1.165) is 16.6 Å². The number of benzene rings is 2. The Labute approximate surface area is 116 Å². The quantitative estimate of drug-likeness (QED) is 0.704. The smallest absolute Gasteiger partial charge is 0.0942 e. The molecule has 94 valence electrons. The Morgan fingerprint density at radius 2 is 1.79 bits per heavy atom. The molecule has 3 rings (SSSR count). The maximum Gasteiger partial charge on any atom is 0.0942 e. The summed E-state index contributed by atoms with van der Waals surface area (Å²) in [6, 6.07) is 16.5. The topological polar surface area (TPSA) is 38.9 Å². The van der Waals surface area contributed by atoms with Gasteiger partial charge >= 0.3 is 0 Å². The van der Waals surface area contributed by atoms with Gasteiger partial charge in [-0.1, -0.05) is 35.5 Å². The van der Waals surface area contributed by atoms with Crippen LogP contribution in [0, 0.1) is 6.92 Å². The molecule has 0 aliphatic heterocycles. The third-order valence-corrected chi connectivity index (χ3v) is 4.09. The Balaban J connectivity index is 2.06. The van der Waals surface area contributed by atoms with E-state index in [2.05, 4.69) is 48.3 Å². The zero-order valence-corrected chi connectivity index (χ0v) is 11.4. The van der Waals surface area contributed by atoms with Crippen molar-refractivity contribution >= 4 is 28.4 Å². The van der Waals surface area contributed by atoms with Crippen LogP contribution in [-0.4, -0.2) is 4.98 Å². The summed E-state index contributed by atoms with van der Waals surface area (Å²) < 4.78 is 0. The number of anilines is 1. The first kappa shape index (κ1) is 12.1. The number of aryl methyl sites for hydroxylation is 1. The number of hydrogen-bond acceptors (Lipinski definition) is 3. The van der Waals surface area contributed by atoms with Gasteiger partial charge in [-0.25, -0.2) is 0 Å². The Kier molecular flexibility index (Phi) is 3.13. The molecule has 0 unspecified atom stereocenters. The predicted octanol–water partition coefficient (Wildman–Crippen LogP) is 4.28. The fourth-order valence-electron chi connectivity index (χ4n) is 1.99. The summed E-state index contributed by atoms with van der Waals surface area (Å²) in [5, 5.41) is 1.10. The summed E-state index contributed by atoms with van der Waals surface area (Å²) in [5.41, 5.74) is 8.84. The van der Waals surface area contributed by atoms with Gasteiger partial charge in [-0.2, -0.15) is 0 Å². The molecule has 3 heteroatoms. The molecular formula is C16H14N2S. The van der Waals surface area contributed by atoms with Gasteiger partial charge in [-0.15, -0.1) is 0 Å². The SMILES string of the molecule is Cc1ccc(Sc2ccc(N)c3ncccc23)cc1. The highest BCUT2D eigenvalue weighted by atomic mass is 32.2. The molecule has 0 saturated carbocycles. The maximum atomic E-state index is 5.97. The number of pyridine rings is 1. The summed E-state index contributed by atoms with van der Waals surface area (Å²) in [4.78, 5) is 6.76. The summed E-state index contributed by atoms with van der Waals surface area (Å²) in [6.07, 6.45) is 1.78. The van der Waals surface area contributed by atoms with Crippen LogP contribution in [0.2, 0.25) is 0 Å². The predicted molar refractivity (Wildman–Crippen MR) is 81.5 cm³/mol. The van der Waals surface area contributed by atoms with E-state index in [4.69, 9.17) is 5.73 Å². The summed E-state index contributed by atoms with van der Waals surface area (Å²) >= 11 is 1.74. The second-order valence-electron chi connectivity index (χ2n) is 4.47. The first-order chi connectivity index (χ1) is 9.24. The fraction of sp³-hybridized carbons (Fsp3) is 0.0625. The molecule has 2 aromatic carbocycles. The lowest BCUT2D eigenvalue weighted by atomic mass is 10.2. The van der Waals surface area contributed by atoms with Crippen LogP contribution in [0.1, 0.15) is 5.56 Å². The highest BCUT2D eigenvalue weighted by molar-refractivity contribution is 7.99.